The van der Waals surface area contributed by atoms with Gasteiger partial charge in [-0.15, -0.1) is 0 Å². The molecule has 0 saturated carbocycles. The summed E-state index contributed by atoms with van der Waals surface area (Å²) in [5, 5.41) is 17.8. The van der Waals surface area contributed by atoms with Gasteiger partial charge in [0.2, 0.25) is 5.91 Å². The number of rotatable bonds is 7. The van der Waals surface area contributed by atoms with Gasteiger partial charge in [0.1, 0.15) is 0 Å². The number of hydrogen-bond acceptors (Lipinski definition) is 4. The molecule has 0 unspecified atom stereocenters. The van der Waals surface area contributed by atoms with E-state index in [1.54, 1.807) is 18.2 Å². The summed E-state index contributed by atoms with van der Waals surface area (Å²) in [5.74, 6) is -0.704. The van der Waals surface area contributed by atoms with Crippen molar-refractivity contribution in [2.24, 2.45) is 0 Å². The summed E-state index contributed by atoms with van der Waals surface area (Å²) in [7, 11) is 0. The van der Waals surface area contributed by atoms with Crippen LogP contribution in [0.5, 0.6) is 0 Å². The number of piperidine rings is 1. The molecule has 2 aromatic carbocycles. The van der Waals surface area contributed by atoms with Crippen LogP contribution in [0.3, 0.4) is 0 Å². The number of para-hydroxylation sites is 1. The number of hydrogen-bond donors (Lipinski definition) is 4. The van der Waals surface area contributed by atoms with E-state index < -0.39 is 23.7 Å². The SMILES string of the molecule is O=C(CCNC(=O)c1ccccc1Nc1cccc(C(F)(F)F)c1)N[C@H]1C[C@H]2CC[C@@H](C1)N2C(=O)O. The van der Waals surface area contributed by atoms with E-state index in [0.717, 1.165) is 25.0 Å². The number of carbonyl (C=O) groups excluding carboxylic acids is 2. The molecule has 2 aliphatic rings. The highest BCUT2D eigenvalue weighted by Crippen LogP contribution is 2.36. The second-order valence-corrected chi connectivity index (χ2v) is 9.07. The molecule has 192 valence electrons. The Balaban J connectivity index is 1.29. The second-order valence-electron chi connectivity index (χ2n) is 9.07. The minimum absolute atomic E-state index is 0.0451. The van der Waals surface area contributed by atoms with Crippen molar-refractivity contribution in [3.05, 3.63) is 59.7 Å². The number of anilines is 2. The highest BCUT2D eigenvalue weighted by Gasteiger charge is 2.43. The summed E-state index contributed by atoms with van der Waals surface area (Å²) in [6.45, 7) is 0.0728. The largest absolute Gasteiger partial charge is 0.465 e. The van der Waals surface area contributed by atoms with Crippen molar-refractivity contribution >= 4 is 29.3 Å². The molecule has 2 saturated heterocycles. The fourth-order valence-electron chi connectivity index (χ4n) is 5.01. The molecule has 2 fully saturated rings. The monoisotopic (exact) mass is 504 g/mol. The molecule has 0 aromatic heterocycles. The number of halogens is 3. The zero-order chi connectivity index (χ0) is 25.9. The van der Waals surface area contributed by atoms with Crippen molar-refractivity contribution in [2.75, 3.05) is 11.9 Å². The Morgan fingerprint density at radius 2 is 1.69 bits per heavy atom. The number of amides is 3. The molecule has 8 nitrogen and oxygen atoms in total. The fourth-order valence-corrected chi connectivity index (χ4v) is 5.01. The lowest BCUT2D eigenvalue weighted by molar-refractivity contribution is -0.137. The van der Waals surface area contributed by atoms with Crippen LogP contribution in [0, 0.1) is 0 Å². The Morgan fingerprint density at radius 3 is 2.36 bits per heavy atom. The predicted molar refractivity (Wildman–Crippen MR) is 126 cm³/mol. The molecule has 2 aromatic rings. The van der Waals surface area contributed by atoms with Gasteiger partial charge in [-0.1, -0.05) is 18.2 Å². The second kappa shape index (κ2) is 10.5. The third-order valence-electron chi connectivity index (χ3n) is 6.60. The van der Waals surface area contributed by atoms with Gasteiger partial charge in [-0.25, -0.2) is 4.79 Å². The fraction of sp³-hybridized carbons (Fsp3) is 0.400. The summed E-state index contributed by atoms with van der Waals surface area (Å²) in [4.78, 5) is 38.0. The van der Waals surface area contributed by atoms with Crippen molar-refractivity contribution < 1.29 is 32.7 Å². The molecule has 2 bridgehead atoms. The maximum Gasteiger partial charge on any atom is 0.416 e. The van der Waals surface area contributed by atoms with E-state index >= 15 is 0 Å². The highest BCUT2D eigenvalue weighted by molar-refractivity contribution is 6.00. The van der Waals surface area contributed by atoms with Crippen LogP contribution in [-0.4, -0.2) is 52.6 Å². The quantitative estimate of drug-likeness (QED) is 0.448. The van der Waals surface area contributed by atoms with Gasteiger partial charge < -0.3 is 26.0 Å². The van der Waals surface area contributed by atoms with Gasteiger partial charge in [-0.3, -0.25) is 9.59 Å². The molecule has 3 amide bonds. The van der Waals surface area contributed by atoms with Gasteiger partial charge >= 0.3 is 12.3 Å². The van der Waals surface area contributed by atoms with Crippen molar-refractivity contribution in [2.45, 2.75) is 56.4 Å². The number of fused-ring (bicyclic) bond motifs is 2. The van der Waals surface area contributed by atoms with E-state index in [1.807, 2.05) is 0 Å². The number of benzene rings is 2. The van der Waals surface area contributed by atoms with Crippen LogP contribution in [0.25, 0.3) is 0 Å². The molecular formula is C25H27F3N4O4. The Bertz CT molecular complexity index is 1130. The van der Waals surface area contributed by atoms with E-state index in [0.29, 0.717) is 18.5 Å². The predicted octanol–water partition coefficient (Wildman–Crippen LogP) is 4.36. The van der Waals surface area contributed by atoms with Gasteiger partial charge in [0, 0.05) is 36.8 Å². The molecule has 2 heterocycles. The number of alkyl halides is 3. The Kier molecular flexibility index (Phi) is 7.37. The Labute approximate surface area is 205 Å². The maximum absolute atomic E-state index is 13.0. The number of carbonyl (C=O) groups is 3. The first-order valence-electron chi connectivity index (χ1n) is 11.7. The molecular weight excluding hydrogens is 477 g/mol. The van der Waals surface area contributed by atoms with E-state index in [4.69, 9.17) is 0 Å². The molecule has 4 rings (SSSR count). The van der Waals surface area contributed by atoms with Gasteiger partial charge in [0.15, 0.2) is 0 Å². The van der Waals surface area contributed by atoms with Crippen molar-refractivity contribution in [1.82, 2.24) is 15.5 Å². The Morgan fingerprint density at radius 1 is 1.00 bits per heavy atom. The van der Waals surface area contributed by atoms with E-state index in [2.05, 4.69) is 16.0 Å². The summed E-state index contributed by atoms with van der Waals surface area (Å²) in [6, 6.07) is 10.8. The molecule has 0 radical (unpaired) electrons. The van der Waals surface area contributed by atoms with Crippen molar-refractivity contribution in [1.29, 1.82) is 0 Å². The van der Waals surface area contributed by atoms with Crippen LogP contribution >= 0.6 is 0 Å². The summed E-state index contributed by atoms with van der Waals surface area (Å²) >= 11 is 0. The van der Waals surface area contributed by atoms with Crippen LogP contribution in [0.2, 0.25) is 0 Å². The molecule has 11 heteroatoms. The third-order valence-corrected chi connectivity index (χ3v) is 6.60. The van der Waals surface area contributed by atoms with Crippen molar-refractivity contribution in [3.63, 3.8) is 0 Å². The summed E-state index contributed by atoms with van der Waals surface area (Å²) in [6.07, 6.45) is -2.60. The van der Waals surface area contributed by atoms with Crippen LogP contribution < -0.4 is 16.0 Å². The van der Waals surface area contributed by atoms with Crippen molar-refractivity contribution in [3.8, 4) is 0 Å². The lowest BCUT2D eigenvalue weighted by atomic mass is 9.97. The molecule has 2 aliphatic heterocycles. The normalized spacial score (nSPS) is 21.1. The minimum atomic E-state index is -4.48. The van der Waals surface area contributed by atoms with E-state index in [-0.39, 0.29) is 48.2 Å². The third kappa shape index (κ3) is 5.89. The Hall–Kier alpha value is -3.76. The van der Waals surface area contributed by atoms with Gasteiger partial charge in [0.05, 0.1) is 16.8 Å². The van der Waals surface area contributed by atoms with Gasteiger partial charge in [-0.2, -0.15) is 13.2 Å². The molecule has 36 heavy (non-hydrogen) atoms. The average molecular weight is 505 g/mol. The van der Waals surface area contributed by atoms with Gasteiger partial charge in [0.25, 0.3) is 5.91 Å². The standard InChI is InChI=1S/C25H27F3N4O4/c26-25(27,28)15-4-3-5-16(12-15)30-21-7-2-1-6-20(21)23(34)29-11-10-22(33)31-17-13-18-8-9-19(14-17)32(18)24(35)36/h1-7,12,17-19,30H,8-11,13-14H2,(H,29,34)(H,31,33)(H,35,36)/t17-,18+,19-. The first-order valence-corrected chi connectivity index (χ1v) is 11.7. The smallest absolute Gasteiger partial charge is 0.416 e. The average Bonchev–Trinajstić information content (AvgIpc) is 3.10. The summed E-state index contributed by atoms with van der Waals surface area (Å²) < 4.78 is 39.0. The summed E-state index contributed by atoms with van der Waals surface area (Å²) in [5.41, 5.74) is -0.0539. The molecule has 3 atom stereocenters. The zero-order valence-electron chi connectivity index (χ0n) is 19.3. The maximum atomic E-state index is 13.0. The lowest BCUT2D eigenvalue weighted by Crippen LogP contribution is -2.52. The first-order chi connectivity index (χ1) is 17.1. The number of nitrogens with one attached hydrogen (secondary N) is 3. The molecule has 0 aliphatic carbocycles. The van der Waals surface area contributed by atoms with Crippen LogP contribution in [-0.2, 0) is 11.0 Å². The van der Waals surface area contributed by atoms with Crippen LogP contribution in [0.1, 0.15) is 48.0 Å². The first kappa shape index (κ1) is 25.3. The molecule has 0 spiro atoms. The molecule has 4 N–H and O–H groups in total. The number of carboxylic acid groups (broad SMARTS) is 1. The van der Waals surface area contributed by atoms with Crippen LogP contribution in [0.15, 0.2) is 48.5 Å². The van der Waals surface area contributed by atoms with E-state index in [1.165, 1.54) is 23.1 Å². The van der Waals surface area contributed by atoms with Crippen LogP contribution in [0.4, 0.5) is 29.3 Å². The highest BCUT2D eigenvalue weighted by atomic mass is 19.4. The topological polar surface area (TPSA) is 111 Å². The number of nitrogens with zero attached hydrogens (tertiary/aromatic N) is 1. The van der Waals surface area contributed by atoms with Gasteiger partial charge in [-0.05, 0) is 56.0 Å². The van der Waals surface area contributed by atoms with E-state index in [9.17, 15) is 32.7 Å². The minimum Gasteiger partial charge on any atom is -0.465 e. The lowest BCUT2D eigenvalue weighted by Gasteiger charge is -2.37. The zero-order valence-corrected chi connectivity index (χ0v) is 19.3.